The second kappa shape index (κ2) is 7.38. The summed E-state index contributed by atoms with van der Waals surface area (Å²) < 4.78 is 5.71. The first-order valence-electron chi connectivity index (χ1n) is 7.08. The van der Waals surface area contributed by atoms with E-state index in [-0.39, 0.29) is 11.9 Å². The zero-order valence-corrected chi connectivity index (χ0v) is 13.0. The van der Waals surface area contributed by atoms with E-state index >= 15 is 0 Å². The van der Waals surface area contributed by atoms with Gasteiger partial charge in [0.25, 0.3) is 0 Å². The number of ether oxygens (including phenoxy) is 1. The van der Waals surface area contributed by atoms with E-state index in [1.807, 2.05) is 31.2 Å². The molecule has 2 rings (SSSR count). The van der Waals surface area contributed by atoms with E-state index < -0.39 is 0 Å². The molecule has 0 aromatic heterocycles. The predicted molar refractivity (Wildman–Crippen MR) is 86.5 cm³/mol. The maximum absolute atomic E-state index is 11.5. The fraction of sp³-hybridized carbons (Fsp3) is 0.467. The molecule has 1 atom stereocenters. The molecule has 114 valence electrons. The molecule has 1 saturated heterocycles. The number of hydrogen-bond acceptors (Lipinski definition) is 4. The summed E-state index contributed by atoms with van der Waals surface area (Å²) >= 11 is 4.88. The van der Waals surface area contributed by atoms with Crippen molar-refractivity contribution in [2.24, 2.45) is 5.73 Å². The van der Waals surface area contributed by atoms with Crippen molar-refractivity contribution in [2.75, 3.05) is 26.2 Å². The monoisotopic (exact) mass is 307 g/mol. The van der Waals surface area contributed by atoms with Crippen LogP contribution in [0.25, 0.3) is 0 Å². The molecule has 1 aromatic rings. The highest BCUT2D eigenvalue weighted by molar-refractivity contribution is 7.80. The van der Waals surface area contributed by atoms with Gasteiger partial charge in [-0.15, -0.1) is 0 Å². The van der Waals surface area contributed by atoms with Gasteiger partial charge in [-0.3, -0.25) is 9.69 Å². The van der Waals surface area contributed by atoms with Gasteiger partial charge in [-0.2, -0.15) is 0 Å². The lowest BCUT2D eigenvalue weighted by molar-refractivity contribution is -0.128. The number of nitrogens with two attached hydrogens (primary N) is 1. The summed E-state index contributed by atoms with van der Waals surface area (Å²) in [6.07, 6.45) is 0.607. The minimum absolute atomic E-state index is 0.0864. The average molecular weight is 307 g/mol. The van der Waals surface area contributed by atoms with Crippen LogP contribution in [0.4, 0.5) is 0 Å². The minimum atomic E-state index is -0.0877. The van der Waals surface area contributed by atoms with Crippen LogP contribution in [0, 0.1) is 0 Å². The summed E-state index contributed by atoms with van der Waals surface area (Å²) in [6, 6.07) is 7.67. The van der Waals surface area contributed by atoms with Crippen molar-refractivity contribution in [3.63, 3.8) is 0 Å². The Morgan fingerprint density at radius 3 is 2.86 bits per heavy atom. The van der Waals surface area contributed by atoms with Crippen molar-refractivity contribution in [3.05, 3.63) is 29.8 Å². The van der Waals surface area contributed by atoms with Crippen molar-refractivity contribution in [1.29, 1.82) is 0 Å². The lowest BCUT2D eigenvalue weighted by Crippen LogP contribution is -2.54. The molecule has 1 amide bonds. The molecule has 0 bridgehead atoms. The lowest BCUT2D eigenvalue weighted by atomic mass is 10.1. The van der Waals surface area contributed by atoms with Gasteiger partial charge >= 0.3 is 0 Å². The van der Waals surface area contributed by atoms with Crippen LogP contribution < -0.4 is 15.8 Å². The Morgan fingerprint density at radius 1 is 1.48 bits per heavy atom. The van der Waals surface area contributed by atoms with Crippen molar-refractivity contribution in [1.82, 2.24) is 10.2 Å². The maximum Gasteiger partial charge on any atom is 0.237 e. The van der Waals surface area contributed by atoms with Crippen LogP contribution in [0.1, 0.15) is 12.5 Å². The number of carbonyl (C=O) groups is 1. The molecule has 0 saturated carbocycles. The van der Waals surface area contributed by atoms with E-state index in [4.69, 9.17) is 22.7 Å². The zero-order valence-electron chi connectivity index (χ0n) is 12.2. The highest BCUT2D eigenvalue weighted by atomic mass is 32.1. The zero-order chi connectivity index (χ0) is 15.2. The molecule has 1 aromatic carbocycles. The third kappa shape index (κ3) is 4.68. The molecule has 1 heterocycles. The Balaban J connectivity index is 1.78. The maximum atomic E-state index is 11.5. The lowest BCUT2D eigenvalue weighted by Gasteiger charge is -2.32. The van der Waals surface area contributed by atoms with E-state index in [9.17, 15) is 4.79 Å². The van der Waals surface area contributed by atoms with Gasteiger partial charge in [0.15, 0.2) is 0 Å². The largest absolute Gasteiger partial charge is 0.492 e. The molecule has 3 N–H and O–H groups in total. The van der Waals surface area contributed by atoms with Crippen LogP contribution in [-0.4, -0.2) is 48.1 Å². The predicted octanol–water partition coefficient (Wildman–Crippen LogP) is 0.714. The summed E-state index contributed by atoms with van der Waals surface area (Å²) in [5.41, 5.74) is 6.59. The second-order valence-corrected chi connectivity index (χ2v) is 5.66. The molecule has 21 heavy (non-hydrogen) atoms. The van der Waals surface area contributed by atoms with E-state index in [1.165, 1.54) is 0 Å². The van der Waals surface area contributed by atoms with Crippen LogP contribution in [-0.2, 0) is 11.2 Å². The molecule has 0 spiro atoms. The third-order valence-electron chi connectivity index (χ3n) is 3.57. The minimum Gasteiger partial charge on any atom is -0.492 e. The van der Waals surface area contributed by atoms with Gasteiger partial charge in [0.1, 0.15) is 12.4 Å². The van der Waals surface area contributed by atoms with E-state index in [1.54, 1.807) is 0 Å². The normalized spacial score (nSPS) is 19.1. The van der Waals surface area contributed by atoms with Gasteiger partial charge in [0, 0.05) is 26.1 Å². The summed E-state index contributed by atoms with van der Waals surface area (Å²) in [7, 11) is 0. The highest BCUT2D eigenvalue weighted by Gasteiger charge is 2.24. The van der Waals surface area contributed by atoms with Crippen molar-refractivity contribution in [3.8, 4) is 5.75 Å². The topological polar surface area (TPSA) is 67.6 Å². The fourth-order valence-electron chi connectivity index (χ4n) is 2.32. The molecule has 5 nitrogen and oxygen atoms in total. The fourth-order valence-corrected chi connectivity index (χ4v) is 2.49. The third-order valence-corrected chi connectivity index (χ3v) is 3.72. The first-order chi connectivity index (χ1) is 10.1. The summed E-state index contributed by atoms with van der Waals surface area (Å²) in [5, 5.41) is 2.85. The molecule has 1 unspecified atom stereocenters. The van der Waals surface area contributed by atoms with E-state index in [0.717, 1.165) is 24.4 Å². The number of thiocarbonyl (C=S) groups is 1. The van der Waals surface area contributed by atoms with Gasteiger partial charge in [-0.05, 0) is 24.6 Å². The SMILES string of the molecule is CC1C(=O)NCCN1CCOc1ccc(CC(N)=S)cc1. The Hall–Kier alpha value is -1.66. The number of nitrogens with zero attached hydrogens (tertiary/aromatic N) is 1. The van der Waals surface area contributed by atoms with Crippen LogP contribution in [0.2, 0.25) is 0 Å². The number of nitrogens with one attached hydrogen (secondary N) is 1. The number of rotatable bonds is 6. The highest BCUT2D eigenvalue weighted by Crippen LogP contribution is 2.13. The summed E-state index contributed by atoms with van der Waals surface area (Å²) in [5.74, 6) is 0.902. The molecule has 1 aliphatic heterocycles. The molecule has 6 heteroatoms. The number of hydrogen-bond donors (Lipinski definition) is 2. The van der Waals surface area contributed by atoms with E-state index in [2.05, 4.69) is 10.2 Å². The standard InChI is InChI=1S/C15H21N3O2S/c1-11-15(19)17-6-7-18(11)8-9-20-13-4-2-12(3-5-13)10-14(16)21/h2-5,11H,6-10H2,1H3,(H2,16,21)(H,17,19). The Labute approximate surface area is 130 Å². The van der Waals surface area contributed by atoms with Gasteiger partial charge in [-0.25, -0.2) is 0 Å². The van der Waals surface area contributed by atoms with Crippen LogP contribution in [0.5, 0.6) is 5.75 Å². The smallest absolute Gasteiger partial charge is 0.237 e. The number of carbonyl (C=O) groups excluding carboxylic acids is 1. The molecule has 1 fully saturated rings. The quantitative estimate of drug-likeness (QED) is 0.758. The van der Waals surface area contributed by atoms with E-state index in [0.29, 0.717) is 24.6 Å². The summed E-state index contributed by atoms with van der Waals surface area (Å²) in [4.78, 5) is 14.2. The Kier molecular flexibility index (Phi) is 5.52. The van der Waals surface area contributed by atoms with Crippen molar-refractivity contribution < 1.29 is 9.53 Å². The molecular weight excluding hydrogens is 286 g/mol. The van der Waals surface area contributed by atoms with Gasteiger partial charge in [0.2, 0.25) is 5.91 Å². The van der Waals surface area contributed by atoms with Crippen LogP contribution in [0.15, 0.2) is 24.3 Å². The molecule has 1 aliphatic rings. The first-order valence-corrected chi connectivity index (χ1v) is 7.49. The molecule has 0 radical (unpaired) electrons. The number of piperazine rings is 1. The Morgan fingerprint density at radius 2 is 2.19 bits per heavy atom. The molecular formula is C15H21N3O2S. The van der Waals surface area contributed by atoms with Crippen LogP contribution in [0.3, 0.4) is 0 Å². The summed E-state index contributed by atoms with van der Waals surface area (Å²) in [6.45, 7) is 4.79. The van der Waals surface area contributed by atoms with Crippen LogP contribution >= 0.6 is 12.2 Å². The first kappa shape index (κ1) is 15.7. The Bertz CT molecular complexity index is 504. The number of benzene rings is 1. The van der Waals surface area contributed by atoms with Gasteiger partial charge in [-0.1, -0.05) is 24.4 Å². The van der Waals surface area contributed by atoms with Gasteiger partial charge in [0.05, 0.1) is 11.0 Å². The molecule has 0 aliphatic carbocycles. The average Bonchev–Trinajstić information content (AvgIpc) is 2.45. The van der Waals surface area contributed by atoms with Gasteiger partial charge < -0.3 is 15.8 Å². The van der Waals surface area contributed by atoms with Crippen molar-refractivity contribution in [2.45, 2.75) is 19.4 Å². The second-order valence-electron chi connectivity index (χ2n) is 5.14. The number of amides is 1. The van der Waals surface area contributed by atoms with Crippen molar-refractivity contribution >= 4 is 23.1 Å².